The van der Waals surface area contributed by atoms with Crippen LogP contribution in [-0.4, -0.2) is 21.8 Å². The quantitative estimate of drug-likeness (QED) is 0.769. The number of ketones is 1. The van der Waals surface area contributed by atoms with Gasteiger partial charge in [-0.1, -0.05) is 13.8 Å². The molecule has 0 aliphatic rings. The van der Waals surface area contributed by atoms with Crippen LogP contribution in [0.1, 0.15) is 31.0 Å². The Bertz CT molecular complexity index is 322. The van der Waals surface area contributed by atoms with Crippen molar-refractivity contribution in [1.29, 1.82) is 0 Å². The van der Waals surface area contributed by atoms with Crippen LogP contribution in [0.2, 0.25) is 0 Å². The van der Waals surface area contributed by atoms with Crippen molar-refractivity contribution in [1.82, 2.24) is 4.98 Å². The molecule has 2 nitrogen and oxygen atoms in total. The first-order valence-electron chi connectivity index (χ1n) is 5.16. The maximum absolute atomic E-state index is 11.6. The molecule has 0 N–H and O–H groups in total. The molecule has 1 atom stereocenters. The Balaban J connectivity index is 2.30. The predicted octanol–water partition coefficient (Wildman–Crippen LogP) is 3.09. The van der Waals surface area contributed by atoms with Crippen molar-refractivity contribution >= 4 is 28.9 Å². The van der Waals surface area contributed by atoms with E-state index in [2.05, 4.69) is 18.8 Å². The molecule has 84 valence electrons. The molecule has 0 amide bonds. The normalized spacial score (nSPS) is 12.7. The number of aromatic nitrogens is 1. The largest absolute Gasteiger partial charge is 0.298 e. The van der Waals surface area contributed by atoms with Gasteiger partial charge in [-0.3, -0.25) is 4.79 Å². The summed E-state index contributed by atoms with van der Waals surface area (Å²) >= 11 is 3.34. The average Bonchev–Trinajstić information content (AvgIpc) is 2.60. The number of nitrogens with zero attached hydrogens (tertiary/aromatic N) is 1. The maximum atomic E-state index is 11.6. The molecule has 1 aromatic heterocycles. The summed E-state index contributed by atoms with van der Waals surface area (Å²) in [5.41, 5.74) is 0.923. The summed E-state index contributed by atoms with van der Waals surface area (Å²) < 4.78 is 0. The predicted molar refractivity (Wildman–Crippen MR) is 67.8 cm³/mol. The number of thiazole rings is 1. The molecule has 1 rings (SSSR count). The van der Waals surface area contributed by atoms with Gasteiger partial charge in [-0.05, 0) is 13.3 Å². The molecule has 1 aromatic rings. The lowest BCUT2D eigenvalue weighted by Crippen LogP contribution is -2.08. The maximum Gasteiger partial charge on any atom is 0.148 e. The lowest BCUT2D eigenvalue weighted by atomic mass is 10.2. The van der Waals surface area contributed by atoms with Gasteiger partial charge < -0.3 is 0 Å². The zero-order valence-electron chi connectivity index (χ0n) is 9.45. The van der Waals surface area contributed by atoms with E-state index in [9.17, 15) is 4.79 Å². The molecule has 0 fully saturated rings. The van der Waals surface area contributed by atoms with Gasteiger partial charge in [0.2, 0.25) is 0 Å². The van der Waals surface area contributed by atoms with Gasteiger partial charge >= 0.3 is 0 Å². The first-order chi connectivity index (χ1) is 7.11. The standard InChI is InChI=1S/C11H17NOS2/c1-4-8(2)14-7-11(13)5-10-6-15-9(3)12-10/h6,8H,4-5,7H2,1-3H3. The number of thioether (sulfide) groups is 1. The first kappa shape index (κ1) is 12.7. The summed E-state index contributed by atoms with van der Waals surface area (Å²) in [4.78, 5) is 15.9. The summed E-state index contributed by atoms with van der Waals surface area (Å²) in [5, 5.41) is 3.58. The zero-order valence-corrected chi connectivity index (χ0v) is 11.1. The minimum Gasteiger partial charge on any atom is -0.298 e. The Morgan fingerprint density at radius 2 is 2.40 bits per heavy atom. The van der Waals surface area contributed by atoms with Crippen LogP contribution in [0.3, 0.4) is 0 Å². The minimum absolute atomic E-state index is 0.283. The van der Waals surface area contributed by atoms with Gasteiger partial charge in [0.1, 0.15) is 5.78 Å². The smallest absolute Gasteiger partial charge is 0.148 e. The molecule has 0 aliphatic carbocycles. The van der Waals surface area contributed by atoms with Crippen LogP contribution in [0.4, 0.5) is 0 Å². The third-order valence-electron chi connectivity index (χ3n) is 2.15. The zero-order chi connectivity index (χ0) is 11.3. The highest BCUT2D eigenvalue weighted by molar-refractivity contribution is 8.00. The first-order valence-corrected chi connectivity index (χ1v) is 7.09. The van der Waals surface area contributed by atoms with Crippen molar-refractivity contribution in [2.45, 2.75) is 38.9 Å². The molecule has 15 heavy (non-hydrogen) atoms. The lowest BCUT2D eigenvalue weighted by Gasteiger charge is -2.06. The third-order valence-corrected chi connectivity index (χ3v) is 4.36. The fraction of sp³-hybridized carbons (Fsp3) is 0.636. The Kier molecular flexibility index (Phi) is 5.32. The van der Waals surface area contributed by atoms with E-state index >= 15 is 0 Å². The van der Waals surface area contributed by atoms with E-state index < -0.39 is 0 Å². The van der Waals surface area contributed by atoms with Gasteiger partial charge in [-0.2, -0.15) is 11.8 Å². The Hall–Kier alpha value is -0.350. The molecule has 0 bridgehead atoms. The summed E-state index contributed by atoms with van der Waals surface area (Å²) in [6.45, 7) is 6.27. The van der Waals surface area contributed by atoms with Crippen molar-refractivity contribution in [2.24, 2.45) is 0 Å². The van der Waals surface area contributed by atoms with Crippen LogP contribution in [0.5, 0.6) is 0 Å². The molecule has 0 aromatic carbocycles. The van der Waals surface area contributed by atoms with E-state index in [0.717, 1.165) is 17.1 Å². The van der Waals surface area contributed by atoms with E-state index in [0.29, 0.717) is 17.4 Å². The monoisotopic (exact) mass is 243 g/mol. The van der Waals surface area contributed by atoms with Gasteiger partial charge in [-0.15, -0.1) is 11.3 Å². The molecule has 0 aliphatic heterocycles. The van der Waals surface area contributed by atoms with Crippen molar-refractivity contribution in [3.8, 4) is 0 Å². The molecule has 0 saturated carbocycles. The second-order valence-corrected chi connectivity index (χ2v) is 6.09. The van der Waals surface area contributed by atoms with Crippen LogP contribution < -0.4 is 0 Å². The summed E-state index contributed by atoms with van der Waals surface area (Å²) in [7, 11) is 0. The van der Waals surface area contributed by atoms with Crippen LogP contribution in [0.15, 0.2) is 5.38 Å². The molecular weight excluding hydrogens is 226 g/mol. The van der Waals surface area contributed by atoms with Crippen LogP contribution in [0, 0.1) is 6.92 Å². The molecule has 1 unspecified atom stereocenters. The van der Waals surface area contributed by atoms with Gasteiger partial charge in [0.25, 0.3) is 0 Å². The number of hydrogen-bond acceptors (Lipinski definition) is 4. The third kappa shape index (κ3) is 4.80. The fourth-order valence-corrected chi connectivity index (χ4v) is 2.52. The topological polar surface area (TPSA) is 30.0 Å². The SMILES string of the molecule is CCC(C)SCC(=O)Cc1csc(C)n1. The number of Topliss-reactive ketones (excluding diaryl/α,β-unsaturated/α-hetero) is 1. The molecule has 1 heterocycles. The van der Waals surface area contributed by atoms with Crippen molar-refractivity contribution < 1.29 is 4.79 Å². The number of aryl methyl sites for hydroxylation is 1. The minimum atomic E-state index is 0.283. The van der Waals surface area contributed by atoms with Crippen LogP contribution in [-0.2, 0) is 11.2 Å². The molecule has 0 saturated heterocycles. The number of carbonyl (C=O) groups excluding carboxylic acids is 1. The van der Waals surface area contributed by atoms with Crippen molar-refractivity contribution in [3.63, 3.8) is 0 Å². The van der Waals surface area contributed by atoms with Crippen LogP contribution >= 0.6 is 23.1 Å². The number of rotatable bonds is 6. The average molecular weight is 243 g/mol. The van der Waals surface area contributed by atoms with E-state index in [-0.39, 0.29) is 5.78 Å². The van der Waals surface area contributed by atoms with E-state index in [4.69, 9.17) is 0 Å². The number of hydrogen-bond donors (Lipinski definition) is 0. The summed E-state index contributed by atoms with van der Waals surface area (Å²) in [5.74, 6) is 0.900. The molecule has 0 spiro atoms. The van der Waals surface area contributed by atoms with Gasteiger partial charge in [0.05, 0.1) is 22.9 Å². The second-order valence-electron chi connectivity index (χ2n) is 3.60. The van der Waals surface area contributed by atoms with E-state index in [1.165, 1.54) is 0 Å². The molecule has 0 radical (unpaired) electrons. The molecular formula is C11H17NOS2. The fourth-order valence-electron chi connectivity index (χ4n) is 1.10. The highest BCUT2D eigenvalue weighted by Crippen LogP contribution is 2.15. The van der Waals surface area contributed by atoms with Gasteiger partial charge in [0, 0.05) is 10.6 Å². The highest BCUT2D eigenvalue weighted by atomic mass is 32.2. The van der Waals surface area contributed by atoms with Gasteiger partial charge in [0.15, 0.2) is 0 Å². The second kappa shape index (κ2) is 6.28. The van der Waals surface area contributed by atoms with E-state index in [1.54, 1.807) is 23.1 Å². The van der Waals surface area contributed by atoms with Gasteiger partial charge in [-0.25, -0.2) is 4.98 Å². The molecule has 4 heteroatoms. The Morgan fingerprint density at radius 1 is 1.67 bits per heavy atom. The Morgan fingerprint density at radius 3 is 2.93 bits per heavy atom. The highest BCUT2D eigenvalue weighted by Gasteiger charge is 2.08. The van der Waals surface area contributed by atoms with Crippen molar-refractivity contribution in [3.05, 3.63) is 16.1 Å². The van der Waals surface area contributed by atoms with Crippen LogP contribution in [0.25, 0.3) is 0 Å². The lowest BCUT2D eigenvalue weighted by molar-refractivity contribution is -0.116. The number of carbonyl (C=O) groups is 1. The van der Waals surface area contributed by atoms with Crippen molar-refractivity contribution in [2.75, 3.05) is 5.75 Å². The Labute approximate surface area is 99.5 Å². The summed E-state index contributed by atoms with van der Waals surface area (Å²) in [6.07, 6.45) is 1.61. The summed E-state index contributed by atoms with van der Waals surface area (Å²) in [6, 6.07) is 0. The van der Waals surface area contributed by atoms with E-state index in [1.807, 2.05) is 12.3 Å².